The van der Waals surface area contributed by atoms with Crippen molar-refractivity contribution in [1.29, 1.82) is 0 Å². The molecule has 1 aliphatic rings. The van der Waals surface area contributed by atoms with E-state index >= 15 is 0 Å². The number of amides is 1. The highest BCUT2D eigenvalue weighted by atomic mass is 32.2. The molecule has 0 aromatic heterocycles. The smallest absolute Gasteiger partial charge is 0.261 e. The number of nitrogens with zero attached hydrogens (tertiary/aromatic N) is 1. The number of hydrogen-bond donors (Lipinski definition) is 1. The molecular weight excluding hydrogens is 376 g/mol. The zero-order chi connectivity index (χ0) is 20.5. The molecule has 3 rings (SSSR count). The summed E-state index contributed by atoms with van der Waals surface area (Å²) in [7, 11) is -3.80. The second-order valence-electron chi connectivity index (χ2n) is 7.42. The summed E-state index contributed by atoms with van der Waals surface area (Å²) in [6, 6.07) is 11.7. The maximum Gasteiger partial charge on any atom is 0.261 e. The van der Waals surface area contributed by atoms with Gasteiger partial charge in [-0.25, -0.2) is 8.42 Å². The molecule has 1 amide bonds. The Hall–Kier alpha value is -2.38. The Morgan fingerprint density at radius 1 is 1.04 bits per heavy atom. The van der Waals surface area contributed by atoms with Crippen LogP contribution in [0.3, 0.4) is 0 Å². The summed E-state index contributed by atoms with van der Waals surface area (Å²) in [4.78, 5) is 14.8. The van der Waals surface area contributed by atoms with Crippen LogP contribution in [0.1, 0.15) is 35.3 Å². The molecule has 0 spiro atoms. The summed E-state index contributed by atoms with van der Waals surface area (Å²) in [5, 5.41) is 0. The van der Waals surface area contributed by atoms with Gasteiger partial charge in [-0.05, 0) is 57.5 Å². The summed E-state index contributed by atoms with van der Waals surface area (Å²) in [5.74, 6) is -0.174. The molecule has 150 valence electrons. The van der Waals surface area contributed by atoms with E-state index in [0.717, 1.165) is 11.1 Å². The lowest BCUT2D eigenvalue weighted by atomic mass is 10.1. The van der Waals surface area contributed by atoms with Gasteiger partial charge in [0.2, 0.25) is 0 Å². The van der Waals surface area contributed by atoms with E-state index in [9.17, 15) is 13.2 Å². The van der Waals surface area contributed by atoms with Crippen molar-refractivity contribution in [1.82, 2.24) is 4.90 Å². The van der Waals surface area contributed by atoms with Crippen LogP contribution in [0.4, 0.5) is 5.69 Å². The molecule has 1 heterocycles. The van der Waals surface area contributed by atoms with E-state index in [1.54, 1.807) is 23.1 Å². The van der Waals surface area contributed by atoms with Crippen molar-refractivity contribution in [2.75, 3.05) is 17.8 Å². The van der Waals surface area contributed by atoms with Gasteiger partial charge in [0.15, 0.2) is 0 Å². The number of carbonyl (C=O) groups is 1. The minimum atomic E-state index is -3.80. The van der Waals surface area contributed by atoms with Crippen LogP contribution < -0.4 is 4.72 Å². The van der Waals surface area contributed by atoms with Crippen LogP contribution in [0, 0.1) is 13.8 Å². The Morgan fingerprint density at radius 3 is 2.25 bits per heavy atom. The Kier molecular flexibility index (Phi) is 5.76. The largest absolute Gasteiger partial charge is 0.372 e. The Balaban J connectivity index is 1.88. The van der Waals surface area contributed by atoms with Crippen molar-refractivity contribution in [3.8, 4) is 0 Å². The third-order valence-electron chi connectivity index (χ3n) is 4.76. The van der Waals surface area contributed by atoms with Crippen molar-refractivity contribution in [3.05, 3.63) is 59.2 Å². The Labute approximate surface area is 166 Å². The number of hydrogen-bond acceptors (Lipinski definition) is 4. The highest BCUT2D eigenvalue weighted by molar-refractivity contribution is 7.92. The summed E-state index contributed by atoms with van der Waals surface area (Å²) < 4.78 is 33.8. The van der Waals surface area contributed by atoms with Crippen molar-refractivity contribution in [3.63, 3.8) is 0 Å². The number of morpholine rings is 1. The van der Waals surface area contributed by atoms with E-state index < -0.39 is 10.0 Å². The molecule has 2 atom stereocenters. The van der Waals surface area contributed by atoms with Crippen molar-refractivity contribution in [2.24, 2.45) is 0 Å². The lowest BCUT2D eigenvalue weighted by Gasteiger charge is -2.35. The van der Waals surface area contributed by atoms with Crippen LogP contribution >= 0.6 is 0 Å². The molecular formula is C21H26N2O4S. The van der Waals surface area contributed by atoms with Gasteiger partial charge in [0.25, 0.3) is 15.9 Å². The molecule has 2 aromatic carbocycles. The molecule has 7 heteroatoms. The predicted octanol–water partition coefficient (Wildman–Crippen LogP) is 3.35. The lowest BCUT2D eigenvalue weighted by molar-refractivity contribution is -0.0586. The molecule has 1 saturated heterocycles. The maximum absolute atomic E-state index is 13.0. The SMILES string of the molecule is Cc1ccc(NS(=O)(=O)c2ccc(C)c(C(=O)N3C[C@@H](C)O[C@H](C)C3)c2)cc1. The first kappa shape index (κ1) is 20.4. The van der Waals surface area contributed by atoms with Crippen LogP contribution in [0.5, 0.6) is 0 Å². The summed E-state index contributed by atoms with van der Waals surface area (Å²) in [6.07, 6.45) is -0.105. The van der Waals surface area contributed by atoms with Crippen molar-refractivity contribution < 1.29 is 17.9 Å². The van der Waals surface area contributed by atoms with Crippen molar-refractivity contribution in [2.45, 2.75) is 44.8 Å². The molecule has 1 aliphatic heterocycles. The topological polar surface area (TPSA) is 75.7 Å². The van der Waals surface area contributed by atoms with Gasteiger partial charge in [-0.15, -0.1) is 0 Å². The molecule has 28 heavy (non-hydrogen) atoms. The van der Waals surface area contributed by atoms with E-state index in [0.29, 0.717) is 24.3 Å². The zero-order valence-electron chi connectivity index (χ0n) is 16.6. The van der Waals surface area contributed by atoms with E-state index in [-0.39, 0.29) is 23.0 Å². The van der Waals surface area contributed by atoms with Gasteiger partial charge in [-0.1, -0.05) is 23.8 Å². The van der Waals surface area contributed by atoms with Gasteiger partial charge in [0.05, 0.1) is 17.1 Å². The molecule has 1 N–H and O–H groups in total. The number of nitrogens with one attached hydrogen (secondary N) is 1. The maximum atomic E-state index is 13.0. The standard InChI is InChI=1S/C21H26N2O4S/c1-14-5-8-18(9-6-14)22-28(25,26)19-10-7-15(2)20(11-19)21(24)23-12-16(3)27-17(4)13-23/h5-11,16-17,22H,12-13H2,1-4H3/t16-,17-/m1/s1. The first-order valence-corrected chi connectivity index (χ1v) is 10.8. The van der Waals surface area contributed by atoms with E-state index in [4.69, 9.17) is 4.74 Å². The molecule has 0 bridgehead atoms. The quantitative estimate of drug-likeness (QED) is 0.851. The highest BCUT2D eigenvalue weighted by Gasteiger charge is 2.28. The minimum Gasteiger partial charge on any atom is -0.372 e. The van der Waals surface area contributed by atoms with Crippen LogP contribution in [-0.2, 0) is 14.8 Å². The first-order chi connectivity index (χ1) is 13.2. The summed E-state index contributed by atoms with van der Waals surface area (Å²) in [5.41, 5.74) is 2.66. The van der Waals surface area contributed by atoms with Gasteiger partial charge in [0.1, 0.15) is 0 Å². The fraction of sp³-hybridized carbons (Fsp3) is 0.381. The average molecular weight is 403 g/mol. The number of ether oxygens (including phenoxy) is 1. The van der Waals surface area contributed by atoms with Crippen LogP contribution in [0.15, 0.2) is 47.4 Å². The zero-order valence-corrected chi connectivity index (χ0v) is 17.4. The molecule has 6 nitrogen and oxygen atoms in total. The van der Waals surface area contributed by atoms with E-state index in [2.05, 4.69) is 4.72 Å². The number of carbonyl (C=O) groups excluding carboxylic acids is 1. The van der Waals surface area contributed by atoms with Crippen LogP contribution in [-0.4, -0.2) is 44.5 Å². The summed E-state index contributed by atoms with van der Waals surface area (Å²) in [6.45, 7) is 8.57. The van der Waals surface area contributed by atoms with E-state index in [1.165, 1.54) is 12.1 Å². The number of benzene rings is 2. The molecule has 0 radical (unpaired) electrons. The van der Waals surface area contributed by atoms with Crippen LogP contribution in [0.2, 0.25) is 0 Å². The molecule has 1 fully saturated rings. The number of aryl methyl sites for hydroxylation is 2. The number of anilines is 1. The fourth-order valence-electron chi connectivity index (χ4n) is 3.35. The second-order valence-corrected chi connectivity index (χ2v) is 9.10. The molecule has 0 unspecified atom stereocenters. The predicted molar refractivity (Wildman–Crippen MR) is 109 cm³/mol. The minimum absolute atomic E-state index is 0.0527. The normalized spacial score (nSPS) is 20.1. The monoisotopic (exact) mass is 402 g/mol. The number of sulfonamides is 1. The third kappa shape index (κ3) is 4.54. The van der Waals surface area contributed by atoms with Gasteiger partial charge < -0.3 is 9.64 Å². The van der Waals surface area contributed by atoms with E-state index in [1.807, 2.05) is 39.8 Å². The first-order valence-electron chi connectivity index (χ1n) is 9.30. The van der Waals surface area contributed by atoms with Crippen molar-refractivity contribution >= 4 is 21.6 Å². The number of rotatable bonds is 4. The molecule has 0 saturated carbocycles. The van der Waals surface area contributed by atoms with Gasteiger partial charge in [-0.2, -0.15) is 0 Å². The summed E-state index contributed by atoms with van der Waals surface area (Å²) >= 11 is 0. The third-order valence-corrected chi connectivity index (χ3v) is 6.14. The van der Waals surface area contributed by atoms with Gasteiger partial charge in [-0.3, -0.25) is 9.52 Å². The molecule has 0 aliphatic carbocycles. The van der Waals surface area contributed by atoms with Gasteiger partial charge >= 0.3 is 0 Å². The highest BCUT2D eigenvalue weighted by Crippen LogP contribution is 2.22. The lowest BCUT2D eigenvalue weighted by Crippen LogP contribution is -2.48. The fourth-order valence-corrected chi connectivity index (χ4v) is 4.43. The Bertz CT molecular complexity index is 960. The Morgan fingerprint density at radius 2 is 1.64 bits per heavy atom. The van der Waals surface area contributed by atoms with Crippen LogP contribution in [0.25, 0.3) is 0 Å². The molecule has 2 aromatic rings. The average Bonchev–Trinajstić information content (AvgIpc) is 2.62. The van der Waals surface area contributed by atoms with Gasteiger partial charge in [0, 0.05) is 24.3 Å². The second kappa shape index (κ2) is 7.93.